The molecular formula is C19H21ClN4O2. The topological polar surface area (TPSA) is 76.4 Å². The molecule has 1 saturated carbocycles. The fourth-order valence-electron chi connectivity index (χ4n) is 4.28. The second-order valence-corrected chi connectivity index (χ2v) is 7.76. The van der Waals surface area contributed by atoms with Gasteiger partial charge in [0.25, 0.3) is 5.91 Å². The molecule has 26 heavy (non-hydrogen) atoms. The summed E-state index contributed by atoms with van der Waals surface area (Å²) in [5, 5.41) is 13.0. The molecule has 0 aromatic heterocycles. The van der Waals surface area contributed by atoms with Crippen LogP contribution in [0.2, 0.25) is 5.02 Å². The number of likely N-dealkylation sites (tertiary alicyclic amines) is 2. The van der Waals surface area contributed by atoms with Crippen LogP contribution in [0.4, 0.5) is 0 Å². The Balaban J connectivity index is 1.25. The standard InChI is InChI=1S/C19H21ClN4O2/c20-13-5-3-12(4-6-13)19(26)23-10-15-16(11-23)18(15)22-9-17(25)24-7-1-2-14(24)8-21/h3-6,14-16,18,22H,1-2,7,9-11H2/t14-,15?,16?,18?/m0/s1. The molecule has 2 aliphatic heterocycles. The zero-order valence-corrected chi connectivity index (χ0v) is 15.2. The zero-order chi connectivity index (χ0) is 18.3. The minimum absolute atomic E-state index is 0.00752. The highest BCUT2D eigenvalue weighted by Crippen LogP contribution is 2.45. The summed E-state index contributed by atoms with van der Waals surface area (Å²) < 4.78 is 0. The Hall–Kier alpha value is -2.10. The summed E-state index contributed by atoms with van der Waals surface area (Å²) >= 11 is 5.87. The van der Waals surface area contributed by atoms with Gasteiger partial charge in [0.1, 0.15) is 6.04 Å². The van der Waals surface area contributed by atoms with Crippen LogP contribution in [0.15, 0.2) is 24.3 Å². The van der Waals surface area contributed by atoms with Gasteiger partial charge in [0.05, 0.1) is 12.6 Å². The van der Waals surface area contributed by atoms with Crippen LogP contribution in [-0.4, -0.2) is 59.9 Å². The van der Waals surface area contributed by atoms with Crippen LogP contribution in [0.1, 0.15) is 23.2 Å². The maximum atomic E-state index is 12.5. The Morgan fingerprint density at radius 1 is 1.23 bits per heavy atom. The molecule has 1 aromatic rings. The molecule has 1 aromatic carbocycles. The highest BCUT2D eigenvalue weighted by molar-refractivity contribution is 6.30. The van der Waals surface area contributed by atoms with E-state index in [1.165, 1.54) is 0 Å². The number of hydrogen-bond acceptors (Lipinski definition) is 4. The average molecular weight is 373 g/mol. The first-order valence-electron chi connectivity index (χ1n) is 9.06. The fourth-order valence-corrected chi connectivity index (χ4v) is 4.40. The number of benzene rings is 1. The highest BCUT2D eigenvalue weighted by atomic mass is 35.5. The van der Waals surface area contributed by atoms with Gasteiger partial charge in [-0.05, 0) is 48.9 Å². The third-order valence-electron chi connectivity index (χ3n) is 5.78. The number of nitriles is 1. The number of amides is 2. The van der Waals surface area contributed by atoms with Crippen molar-refractivity contribution in [1.82, 2.24) is 15.1 Å². The number of nitrogens with zero attached hydrogens (tertiary/aromatic N) is 3. The van der Waals surface area contributed by atoms with Crippen molar-refractivity contribution in [3.05, 3.63) is 34.9 Å². The number of carbonyl (C=O) groups is 2. The van der Waals surface area contributed by atoms with Gasteiger partial charge in [-0.15, -0.1) is 0 Å². The van der Waals surface area contributed by atoms with Gasteiger partial charge in [-0.2, -0.15) is 5.26 Å². The van der Waals surface area contributed by atoms with Crippen LogP contribution in [0.3, 0.4) is 0 Å². The quantitative estimate of drug-likeness (QED) is 0.869. The Labute approximate surface area is 157 Å². The maximum absolute atomic E-state index is 12.5. The minimum atomic E-state index is -0.268. The monoisotopic (exact) mass is 372 g/mol. The van der Waals surface area contributed by atoms with Crippen molar-refractivity contribution in [2.45, 2.75) is 24.9 Å². The van der Waals surface area contributed by atoms with Crippen molar-refractivity contribution in [2.24, 2.45) is 11.8 Å². The van der Waals surface area contributed by atoms with Crippen molar-refractivity contribution < 1.29 is 9.59 Å². The van der Waals surface area contributed by atoms with Gasteiger partial charge in [-0.3, -0.25) is 9.59 Å². The minimum Gasteiger partial charge on any atom is -0.338 e. The smallest absolute Gasteiger partial charge is 0.253 e. The Morgan fingerprint density at radius 2 is 1.92 bits per heavy atom. The summed E-state index contributed by atoms with van der Waals surface area (Å²) in [7, 11) is 0. The molecule has 7 heteroatoms. The van der Waals surface area contributed by atoms with E-state index in [2.05, 4.69) is 11.4 Å². The van der Waals surface area contributed by atoms with Crippen molar-refractivity contribution >= 4 is 23.4 Å². The number of hydrogen-bond donors (Lipinski definition) is 1. The average Bonchev–Trinajstić information content (AvgIpc) is 3.03. The fraction of sp³-hybridized carbons (Fsp3) is 0.526. The van der Waals surface area contributed by atoms with Crippen molar-refractivity contribution in [2.75, 3.05) is 26.2 Å². The molecule has 0 spiro atoms. The van der Waals surface area contributed by atoms with Crippen LogP contribution in [-0.2, 0) is 4.79 Å². The Kier molecular flexibility index (Phi) is 4.60. The predicted octanol–water partition coefficient (Wildman–Crippen LogP) is 1.51. The maximum Gasteiger partial charge on any atom is 0.253 e. The van der Waals surface area contributed by atoms with E-state index in [1.807, 2.05) is 4.90 Å². The number of fused-ring (bicyclic) bond motifs is 1. The van der Waals surface area contributed by atoms with E-state index in [-0.39, 0.29) is 24.4 Å². The first kappa shape index (κ1) is 17.3. The second kappa shape index (κ2) is 6.90. The molecular weight excluding hydrogens is 352 g/mol. The largest absolute Gasteiger partial charge is 0.338 e. The Morgan fingerprint density at radius 3 is 2.58 bits per heavy atom. The number of carbonyl (C=O) groups excluding carboxylic acids is 2. The van der Waals surface area contributed by atoms with Crippen LogP contribution < -0.4 is 5.32 Å². The van der Waals surface area contributed by atoms with Gasteiger partial charge in [-0.1, -0.05) is 11.6 Å². The van der Waals surface area contributed by atoms with Crippen LogP contribution in [0.25, 0.3) is 0 Å². The zero-order valence-electron chi connectivity index (χ0n) is 14.4. The summed E-state index contributed by atoms with van der Waals surface area (Å²) in [5.74, 6) is 0.888. The summed E-state index contributed by atoms with van der Waals surface area (Å²) in [4.78, 5) is 28.4. The molecule has 0 bridgehead atoms. The first-order chi connectivity index (χ1) is 12.6. The molecule has 2 amide bonds. The van der Waals surface area contributed by atoms with E-state index in [9.17, 15) is 9.59 Å². The van der Waals surface area contributed by atoms with Gasteiger partial charge < -0.3 is 15.1 Å². The molecule has 3 aliphatic rings. The predicted molar refractivity (Wildman–Crippen MR) is 96.5 cm³/mol. The lowest BCUT2D eigenvalue weighted by Gasteiger charge is -2.22. The van der Waals surface area contributed by atoms with Gasteiger partial charge >= 0.3 is 0 Å². The lowest BCUT2D eigenvalue weighted by molar-refractivity contribution is -0.130. The van der Waals surface area contributed by atoms with Gasteiger partial charge in [-0.25, -0.2) is 0 Å². The summed E-state index contributed by atoms with van der Waals surface area (Å²) in [6.45, 7) is 2.41. The van der Waals surface area contributed by atoms with Crippen LogP contribution in [0, 0.1) is 23.2 Å². The van der Waals surface area contributed by atoms with Gasteiger partial charge in [0.2, 0.25) is 5.91 Å². The van der Waals surface area contributed by atoms with Crippen LogP contribution >= 0.6 is 11.6 Å². The highest BCUT2D eigenvalue weighted by Gasteiger charge is 2.56. The molecule has 136 valence electrons. The lowest BCUT2D eigenvalue weighted by Crippen LogP contribution is -2.43. The van der Waals surface area contributed by atoms with E-state index in [4.69, 9.17) is 16.9 Å². The van der Waals surface area contributed by atoms with Crippen molar-refractivity contribution in [3.63, 3.8) is 0 Å². The van der Waals surface area contributed by atoms with E-state index < -0.39 is 0 Å². The second-order valence-electron chi connectivity index (χ2n) is 7.33. The van der Waals surface area contributed by atoms with Gasteiger partial charge in [0, 0.05) is 36.3 Å². The molecule has 6 nitrogen and oxygen atoms in total. The number of halogens is 1. The molecule has 3 atom stereocenters. The van der Waals surface area contributed by atoms with E-state index in [1.54, 1.807) is 29.2 Å². The number of rotatable bonds is 4. The third-order valence-corrected chi connectivity index (χ3v) is 6.04. The van der Waals surface area contributed by atoms with Crippen molar-refractivity contribution in [1.29, 1.82) is 5.26 Å². The van der Waals surface area contributed by atoms with E-state index >= 15 is 0 Å². The molecule has 2 heterocycles. The summed E-state index contributed by atoms with van der Waals surface area (Å²) in [5.41, 5.74) is 0.659. The SMILES string of the molecule is N#C[C@@H]1CCCN1C(=O)CNC1C2CN(C(=O)c3ccc(Cl)cc3)CC21. The lowest BCUT2D eigenvalue weighted by atomic mass is 10.2. The molecule has 2 unspecified atom stereocenters. The summed E-state index contributed by atoms with van der Waals surface area (Å²) in [6, 6.07) is 9.20. The van der Waals surface area contributed by atoms with E-state index in [0.29, 0.717) is 35.0 Å². The van der Waals surface area contributed by atoms with Crippen LogP contribution in [0.5, 0.6) is 0 Å². The molecule has 3 fully saturated rings. The molecule has 1 aliphatic carbocycles. The molecule has 1 N–H and O–H groups in total. The number of piperidine rings is 1. The van der Waals surface area contributed by atoms with Gasteiger partial charge in [0.15, 0.2) is 0 Å². The first-order valence-corrected chi connectivity index (χ1v) is 9.43. The number of nitrogens with one attached hydrogen (secondary N) is 1. The molecule has 2 saturated heterocycles. The summed E-state index contributed by atoms with van der Waals surface area (Å²) in [6.07, 6.45) is 1.68. The molecule has 0 radical (unpaired) electrons. The van der Waals surface area contributed by atoms with E-state index in [0.717, 1.165) is 25.9 Å². The Bertz CT molecular complexity index is 748. The van der Waals surface area contributed by atoms with Crippen molar-refractivity contribution in [3.8, 4) is 6.07 Å². The normalized spacial score (nSPS) is 29.4. The molecule has 4 rings (SSSR count). The third kappa shape index (κ3) is 3.17.